The average molecular weight is 719 g/mol. The molecule has 2 nitrogen and oxygen atoms in total. The van der Waals surface area contributed by atoms with Crippen molar-refractivity contribution < 1.29 is 0 Å². The third-order valence-electron chi connectivity index (χ3n) is 11.0. The first-order valence-corrected chi connectivity index (χ1v) is 19.6. The highest BCUT2D eigenvalue weighted by atomic mass is 32.1. The van der Waals surface area contributed by atoms with Crippen LogP contribution in [-0.2, 0) is 0 Å². The molecule has 0 aliphatic carbocycles. The number of hydrogen-bond donors (Lipinski definition) is 0. The van der Waals surface area contributed by atoms with Gasteiger partial charge in [-0.1, -0.05) is 140 Å². The van der Waals surface area contributed by atoms with Gasteiger partial charge in [0.25, 0.3) is 0 Å². The molecule has 3 heteroatoms. The molecule has 0 radical (unpaired) electrons. The van der Waals surface area contributed by atoms with Gasteiger partial charge in [-0.3, -0.25) is 0 Å². The molecule has 9 aromatic carbocycles. The van der Waals surface area contributed by atoms with E-state index in [2.05, 4.69) is 216 Å². The van der Waals surface area contributed by atoms with Gasteiger partial charge >= 0.3 is 0 Å². The fraction of sp³-hybridized carbons (Fsp3) is 0. The third-order valence-corrected chi connectivity index (χ3v) is 12.1. The second kappa shape index (κ2) is 12.9. The Balaban J connectivity index is 1.02. The van der Waals surface area contributed by atoms with Crippen molar-refractivity contribution in [2.75, 3.05) is 4.90 Å². The molecule has 11 aromatic rings. The van der Waals surface area contributed by atoms with Crippen molar-refractivity contribution in [3.05, 3.63) is 206 Å². The van der Waals surface area contributed by atoms with E-state index in [-0.39, 0.29) is 0 Å². The van der Waals surface area contributed by atoms with Crippen LogP contribution in [0, 0.1) is 0 Å². The zero-order valence-corrected chi connectivity index (χ0v) is 30.7. The summed E-state index contributed by atoms with van der Waals surface area (Å²) in [4.78, 5) is 2.36. The van der Waals surface area contributed by atoms with E-state index in [1.54, 1.807) is 0 Å². The summed E-state index contributed by atoms with van der Waals surface area (Å²) in [6.45, 7) is 0. The molecule has 0 atom stereocenters. The van der Waals surface area contributed by atoms with Crippen LogP contribution in [0.3, 0.4) is 0 Å². The molecule has 11 rings (SSSR count). The molecule has 0 unspecified atom stereocenters. The Hall–Kier alpha value is -6.94. The van der Waals surface area contributed by atoms with Gasteiger partial charge in [-0.05, 0) is 99.8 Å². The van der Waals surface area contributed by atoms with Gasteiger partial charge in [-0.15, -0.1) is 11.3 Å². The van der Waals surface area contributed by atoms with Crippen LogP contribution in [0.1, 0.15) is 0 Å². The number of fused-ring (bicyclic) bond motifs is 7. The number of para-hydroxylation sites is 2. The molecule has 0 aliphatic heterocycles. The average Bonchev–Trinajstić information content (AvgIpc) is 3.79. The van der Waals surface area contributed by atoms with Gasteiger partial charge in [-0.2, -0.15) is 0 Å². The molecule has 0 spiro atoms. The largest absolute Gasteiger partial charge is 0.310 e. The summed E-state index contributed by atoms with van der Waals surface area (Å²) in [6.07, 6.45) is 0. The van der Waals surface area contributed by atoms with Crippen molar-refractivity contribution in [1.82, 2.24) is 4.57 Å². The van der Waals surface area contributed by atoms with Crippen molar-refractivity contribution in [2.45, 2.75) is 0 Å². The predicted molar refractivity (Wildman–Crippen MR) is 237 cm³/mol. The molecular weight excluding hydrogens is 685 g/mol. The van der Waals surface area contributed by atoms with Crippen molar-refractivity contribution >= 4 is 81.1 Å². The first kappa shape index (κ1) is 31.6. The van der Waals surface area contributed by atoms with Gasteiger partial charge in [0.05, 0.1) is 11.0 Å². The molecule has 0 saturated heterocycles. The molecule has 0 N–H and O–H groups in total. The summed E-state index contributed by atoms with van der Waals surface area (Å²) in [6, 6.07) is 75.1. The highest BCUT2D eigenvalue weighted by Gasteiger charge is 2.18. The van der Waals surface area contributed by atoms with Crippen LogP contribution in [0.25, 0.3) is 80.7 Å². The van der Waals surface area contributed by atoms with Gasteiger partial charge in [-0.25, -0.2) is 0 Å². The Labute approximate surface area is 323 Å². The summed E-state index contributed by atoms with van der Waals surface area (Å²) >= 11 is 1.87. The van der Waals surface area contributed by atoms with Crippen LogP contribution in [0.5, 0.6) is 0 Å². The zero-order valence-electron chi connectivity index (χ0n) is 29.9. The van der Waals surface area contributed by atoms with Crippen molar-refractivity contribution in [3.8, 4) is 27.9 Å². The lowest BCUT2D eigenvalue weighted by molar-refractivity contribution is 1.18. The molecule has 55 heavy (non-hydrogen) atoms. The Kier molecular flexibility index (Phi) is 7.39. The summed E-state index contributed by atoms with van der Waals surface area (Å²) in [5.41, 5.74) is 11.7. The van der Waals surface area contributed by atoms with E-state index in [1.165, 1.54) is 75.0 Å². The van der Waals surface area contributed by atoms with Crippen molar-refractivity contribution in [3.63, 3.8) is 0 Å². The van der Waals surface area contributed by atoms with E-state index in [9.17, 15) is 0 Å². The molecule has 0 aliphatic rings. The van der Waals surface area contributed by atoms with Gasteiger partial charge < -0.3 is 9.47 Å². The molecular formula is C52H34N2S. The predicted octanol–water partition coefficient (Wildman–Crippen LogP) is 15.1. The maximum Gasteiger partial charge on any atom is 0.0561 e. The summed E-state index contributed by atoms with van der Waals surface area (Å²) < 4.78 is 5.07. The molecule has 0 bridgehead atoms. The van der Waals surface area contributed by atoms with E-state index in [0.717, 1.165) is 22.7 Å². The first-order valence-electron chi connectivity index (χ1n) is 18.8. The maximum absolute atomic E-state index is 2.42. The number of thiophene rings is 1. The Morgan fingerprint density at radius 1 is 0.345 bits per heavy atom. The SMILES string of the molecule is c1ccc(N(c2ccc(-c3cccc4ccccc34)cc2)c2ccc3c4ccccc4n(-c4ccc(-c5ccc6c(c5)sc5ccccc56)cc4)c3c2)cc1. The minimum absolute atomic E-state index is 1.11. The zero-order chi connectivity index (χ0) is 36.3. The summed E-state index contributed by atoms with van der Waals surface area (Å²) in [7, 11) is 0. The van der Waals surface area contributed by atoms with E-state index in [1.807, 2.05) is 11.3 Å². The van der Waals surface area contributed by atoms with E-state index in [4.69, 9.17) is 0 Å². The van der Waals surface area contributed by atoms with Crippen molar-refractivity contribution in [2.24, 2.45) is 0 Å². The number of hydrogen-bond acceptors (Lipinski definition) is 2. The standard InChI is InChI=1S/C52H34N2S/c1-2-13-39(14-3-1)53(40-28-23-37(24-29-40)44-18-10-12-36-11-4-5-15-43(36)44)42-30-32-46-45-16-6-8-19-49(45)54(50(46)34-42)41-26-21-35(22-27-41)38-25-31-48-47-17-7-9-20-51(47)55-52(48)33-38/h1-34H. The lowest BCUT2D eigenvalue weighted by Crippen LogP contribution is -2.10. The molecule has 0 saturated carbocycles. The van der Waals surface area contributed by atoms with Crippen LogP contribution < -0.4 is 4.90 Å². The lowest BCUT2D eigenvalue weighted by atomic mass is 9.98. The summed E-state index contributed by atoms with van der Waals surface area (Å²) in [5.74, 6) is 0. The number of anilines is 3. The van der Waals surface area contributed by atoms with E-state index >= 15 is 0 Å². The van der Waals surface area contributed by atoms with Crippen LogP contribution in [0.2, 0.25) is 0 Å². The van der Waals surface area contributed by atoms with Gasteiger partial charge in [0, 0.05) is 53.7 Å². The Bertz CT molecular complexity index is 3180. The monoisotopic (exact) mass is 718 g/mol. The molecule has 258 valence electrons. The first-order chi connectivity index (χ1) is 27.3. The highest BCUT2D eigenvalue weighted by molar-refractivity contribution is 7.25. The second-order valence-corrected chi connectivity index (χ2v) is 15.2. The Morgan fingerprint density at radius 3 is 1.80 bits per heavy atom. The summed E-state index contributed by atoms with van der Waals surface area (Å²) in [5, 5.41) is 7.65. The van der Waals surface area contributed by atoms with Gasteiger partial charge in [0.15, 0.2) is 0 Å². The van der Waals surface area contributed by atoms with Crippen LogP contribution in [0.15, 0.2) is 206 Å². The quantitative estimate of drug-likeness (QED) is 0.166. The number of aromatic nitrogens is 1. The topological polar surface area (TPSA) is 8.17 Å². The Morgan fingerprint density at radius 2 is 0.945 bits per heavy atom. The smallest absolute Gasteiger partial charge is 0.0561 e. The third kappa shape index (κ3) is 5.32. The highest BCUT2D eigenvalue weighted by Crippen LogP contribution is 2.41. The molecule has 0 fully saturated rings. The van der Waals surface area contributed by atoms with E-state index < -0.39 is 0 Å². The molecule has 2 aromatic heterocycles. The fourth-order valence-electron chi connectivity index (χ4n) is 8.38. The van der Waals surface area contributed by atoms with Gasteiger partial charge in [0.1, 0.15) is 0 Å². The number of rotatable bonds is 6. The normalized spacial score (nSPS) is 11.6. The van der Waals surface area contributed by atoms with Crippen LogP contribution in [-0.4, -0.2) is 4.57 Å². The number of nitrogens with zero attached hydrogens (tertiary/aromatic N) is 2. The van der Waals surface area contributed by atoms with E-state index in [0.29, 0.717) is 0 Å². The van der Waals surface area contributed by atoms with Gasteiger partial charge in [0.2, 0.25) is 0 Å². The maximum atomic E-state index is 2.42. The van der Waals surface area contributed by atoms with Crippen molar-refractivity contribution in [1.29, 1.82) is 0 Å². The second-order valence-electron chi connectivity index (χ2n) is 14.2. The van der Waals surface area contributed by atoms with Crippen LogP contribution >= 0.6 is 11.3 Å². The minimum Gasteiger partial charge on any atom is -0.310 e. The van der Waals surface area contributed by atoms with Crippen LogP contribution in [0.4, 0.5) is 17.1 Å². The number of benzene rings is 9. The molecule has 0 amide bonds. The lowest BCUT2D eigenvalue weighted by Gasteiger charge is -2.26. The fourth-order valence-corrected chi connectivity index (χ4v) is 9.52. The molecule has 2 heterocycles. The minimum atomic E-state index is 1.11.